The van der Waals surface area contributed by atoms with E-state index in [9.17, 15) is 9.90 Å². The SMILES string of the molecule is CN(Cc1ccccc1)CC1CC(c2ccc(CO)cc2)OC(c2ccc(-c3cccc(CNC(=O)NCc4ccccc4)c3)cc2)O1. The number of aliphatic hydroxyl groups excluding tert-OH is 1. The number of carbonyl (C=O) groups excluding carboxylic acids is 1. The van der Waals surface area contributed by atoms with Crippen LogP contribution in [0.5, 0.6) is 0 Å². The van der Waals surface area contributed by atoms with E-state index in [0.29, 0.717) is 13.1 Å². The van der Waals surface area contributed by atoms with Gasteiger partial charge in [0.25, 0.3) is 0 Å². The normalized spacial score (nSPS) is 17.6. The average Bonchev–Trinajstić information content (AvgIpc) is 3.14. The van der Waals surface area contributed by atoms with E-state index in [4.69, 9.17) is 9.47 Å². The smallest absolute Gasteiger partial charge is 0.315 e. The first kappa shape index (κ1) is 33.1. The van der Waals surface area contributed by atoms with Gasteiger partial charge in [-0.15, -0.1) is 0 Å². The molecule has 1 aliphatic rings. The van der Waals surface area contributed by atoms with Crippen molar-refractivity contribution in [1.29, 1.82) is 0 Å². The first-order valence-electron chi connectivity index (χ1n) is 16.5. The summed E-state index contributed by atoms with van der Waals surface area (Å²) in [4.78, 5) is 14.7. The molecule has 6 rings (SSSR count). The molecule has 1 aliphatic heterocycles. The van der Waals surface area contributed by atoms with E-state index >= 15 is 0 Å². The van der Waals surface area contributed by atoms with Crippen molar-refractivity contribution in [1.82, 2.24) is 15.5 Å². The Morgan fingerprint density at radius 3 is 2.00 bits per heavy atom. The fourth-order valence-corrected chi connectivity index (χ4v) is 6.06. The second-order valence-corrected chi connectivity index (χ2v) is 12.4. The Labute approximate surface area is 283 Å². The van der Waals surface area contributed by atoms with Gasteiger partial charge in [0.1, 0.15) is 0 Å². The topological polar surface area (TPSA) is 83.1 Å². The van der Waals surface area contributed by atoms with E-state index in [0.717, 1.165) is 58.5 Å². The summed E-state index contributed by atoms with van der Waals surface area (Å²) in [7, 11) is 2.13. The van der Waals surface area contributed by atoms with Crippen LogP contribution in [-0.2, 0) is 35.7 Å². The Bertz CT molecular complexity index is 1730. The molecule has 0 spiro atoms. The number of urea groups is 1. The standard InChI is InChI=1S/C41H43N3O4/c1-44(27-31-11-6-3-7-12-31)28-38-24-39(35-17-15-32(29-45)16-18-35)48-40(47-38)36-21-19-34(20-22-36)37-14-8-13-33(23-37)26-43-41(46)42-25-30-9-4-2-5-10-30/h2-23,38-40,45H,24-29H2,1H3,(H2,42,43,46). The van der Waals surface area contributed by atoms with E-state index in [2.05, 4.69) is 83.2 Å². The lowest BCUT2D eigenvalue weighted by atomic mass is 9.99. The van der Waals surface area contributed by atoms with Gasteiger partial charge in [0.15, 0.2) is 6.29 Å². The van der Waals surface area contributed by atoms with Gasteiger partial charge in [-0.3, -0.25) is 4.90 Å². The van der Waals surface area contributed by atoms with Gasteiger partial charge in [0.2, 0.25) is 0 Å². The summed E-state index contributed by atoms with van der Waals surface area (Å²) in [5, 5.41) is 15.4. The van der Waals surface area contributed by atoms with Crippen LogP contribution in [-0.4, -0.2) is 35.7 Å². The molecule has 0 saturated carbocycles. The highest BCUT2D eigenvalue weighted by atomic mass is 16.7. The van der Waals surface area contributed by atoms with E-state index in [1.165, 1.54) is 5.56 Å². The molecule has 48 heavy (non-hydrogen) atoms. The maximum atomic E-state index is 12.4. The third kappa shape index (κ3) is 9.18. The van der Waals surface area contributed by atoms with Gasteiger partial charge in [-0.2, -0.15) is 0 Å². The number of likely N-dealkylation sites (N-methyl/N-ethyl adjacent to an activating group) is 1. The van der Waals surface area contributed by atoms with E-state index in [1.807, 2.05) is 72.8 Å². The van der Waals surface area contributed by atoms with Gasteiger partial charge in [0.05, 0.1) is 18.8 Å². The van der Waals surface area contributed by atoms with Gasteiger partial charge < -0.3 is 25.2 Å². The van der Waals surface area contributed by atoms with Crippen molar-refractivity contribution in [2.75, 3.05) is 13.6 Å². The van der Waals surface area contributed by atoms with Gasteiger partial charge in [-0.1, -0.05) is 127 Å². The first-order valence-corrected chi connectivity index (χ1v) is 16.5. The molecule has 5 aromatic carbocycles. The molecule has 3 N–H and O–H groups in total. The number of nitrogens with one attached hydrogen (secondary N) is 2. The second kappa shape index (κ2) is 16.4. The Morgan fingerprint density at radius 1 is 0.688 bits per heavy atom. The lowest BCUT2D eigenvalue weighted by Gasteiger charge is -2.38. The van der Waals surface area contributed by atoms with Crippen molar-refractivity contribution in [3.63, 3.8) is 0 Å². The lowest BCUT2D eigenvalue weighted by Crippen LogP contribution is -2.37. The van der Waals surface area contributed by atoms with E-state index in [-0.39, 0.29) is 24.8 Å². The molecule has 1 saturated heterocycles. The Kier molecular flexibility index (Phi) is 11.3. The number of amides is 2. The molecule has 0 aromatic heterocycles. The largest absolute Gasteiger partial charge is 0.392 e. The number of hydrogen-bond donors (Lipinski definition) is 3. The Hall–Kier alpha value is -4.79. The predicted octanol–water partition coefficient (Wildman–Crippen LogP) is 7.52. The Morgan fingerprint density at radius 2 is 1.31 bits per heavy atom. The van der Waals surface area contributed by atoms with Crippen molar-refractivity contribution in [3.8, 4) is 11.1 Å². The molecule has 5 aromatic rings. The van der Waals surface area contributed by atoms with Gasteiger partial charge >= 0.3 is 6.03 Å². The minimum atomic E-state index is -0.518. The molecular formula is C41H43N3O4. The zero-order chi connectivity index (χ0) is 33.1. The maximum Gasteiger partial charge on any atom is 0.315 e. The third-order valence-electron chi connectivity index (χ3n) is 8.62. The predicted molar refractivity (Wildman–Crippen MR) is 189 cm³/mol. The van der Waals surface area contributed by atoms with Crippen LogP contribution in [0, 0.1) is 0 Å². The molecule has 0 bridgehead atoms. The molecule has 0 radical (unpaired) electrons. The lowest BCUT2D eigenvalue weighted by molar-refractivity contribution is -0.252. The summed E-state index contributed by atoms with van der Waals surface area (Å²) in [6, 6.07) is 44.7. The van der Waals surface area contributed by atoms with Crippen molar-refractivity contribution >= 4 is 6.03 Å². The molecular weight excluding hydrogens is 598 g/mol. The van der Waals surface area contributed by atoms with E-state index in [1.54, 1.807) is 0 Å². The molecule has 0 aliphatic carbocycles. The number of ether oxygens (including phenoxy) is 2. The molecule has 1 heterocycles. The molecule has 3 unspecified atom stereocenters. The van der Waals surface area contributed by atoms with Gasteiger partial charge in [-0.05, 0) is 52.1 Å². The summed E-state index contributed by atoms with van der Waals surface area (Å²) in [6.07, 6.45) is 0.0431. The molecule has 1 fully saturated rings. The number of nitrogens with zero attached hydrogens (tertiary/aromatic N) is 1. The summed E-state index contributed by atoms with van der Waals surface area (Å²) >= 11 is 0. The highest BCUT2D eigenvalue weighted by Gasteiger charge is 2.32. The van der Waals surface area contributed by atoms with Gasteiger partial charge in [-0.25, -0.2) is 4.79 Å². The first-order chi connectivity index (χ1) is 23.5. The monoisotopic (exact) mass is 641 g/mol. The Balaban J connectivity index is 1.11. The van der Waals surface area contributed by atoms with Crippen LogP contribution in [0.25, 0.3) is 11.1 Å². The number of carbonyl (C=O) groups is 1. The molecule has 7 nitrogen and oxygen atoms in total. The zero-order valence-electron chi connectivity index (χ0n) is 27.3. The van der Waals surface area contributed by atoms with Crippen LogP contribution in [0.2, 0.25) is 0 Å². The van der Waals surface area contributed by atoms with Gasteiger partial charge in [0, 0.05) is 38.2 Å². The number of hydrogen-bond acceptors (Lipinski definition) is 5. The highest BCUT2D eigenvalue weighted by molar-refractivity contribution is 5.74. The summed E-state index contributed by atoms with van der Waals surface area (Å²) in [6.45, 7) is 2.53. The molecule has 3 atom stereocenters. The minimum Gasteiger partial charge on any atom is -0.392 e. The second-order valence-electron chi connectivity index (χ2n) is 12.4. The van der Waals surface area contributed by atoms with Crippen LogP contribution in [0.3, 0.4) is 0 Å². The third-order valence-corrected chi connectivity index (χ3v) is 8.62. The van der Waals surface area contributed by atoms with Crippen LogP contribution >= 0.6 is 0 Å². The molecule has 246 valence electrons. The number of aliphatic hydroxyl groups is 1. The van der Waals surface area contributed by atoms with Crippen LogP contribution in [0.15, 0.2) is 133 Å². The maximum absolute atomic E-state index is 12.4. The average molecular weight is 642 g/mol. The number of rotatable bonds is 12. The zero-order valence-corrected chi connectivity index (χ0v) is 27.3. The highest BCUT2D eigenvalue weighted by Crippen LogP contribution is 2.38. The van der Waals surface area contributed by atoms with Crippen LogP contribution < -0.4 is 10.6 Å². The van der Waals surface area contributed by atoms with Crippen molar-refractivity contribution in [2.24, 2.45) is 0 Å². The quantitative estimate of drug-likeness (QED) is 0.131. The minimum absolute atomic E-state index is 0.0142. The molecule has 2 amide bonds. The van der Waals surface area contributed by atoms with E-state index < -0.39 is 6.29 Å². The van der Waals surface area contributed by atoms with Crippen LogP contribution in [0.1, 0.15) is 52.2 Å². The van der Waals surface area contributed by atoms with Crippen molar-refractivity contribution in [3.05, 3.63) is 167 Å². The van der Waals surface area contributed by atoms with Crippen molar-refractivity contribution < 1.29 is 19.4 Å². The van der Waals surface area contributed by atoms with Crippen LogP contribution in [0.4, 0.5) is 4.79 Å². The fourth-order valence-electron chi connectivity index (χ4n) is 6.06. The molecule has 7 heteroatoms. The fraction of sp³-hybridized carbons (Fsp3) is 0.244. The number of benzene rings is 5. The summed E-state index contributed by atoms with van der Waals surface area (Å²) in [5.41, 5.74) is 8.39. The summed E-state index contributed by atoms with van der Waals surface area (Å²) < 4.78 is 13.2. The summed E-state index contributed by atoms with van der Waals surface area (Å²) in [5.74, 6) is 0. The van der Waals surface area contributed by atoms with Crippen molar-refractivity contribution in [2.45, 2.75) is 51.2 Å².